The van der Waals surface area contributed by atoms with Crippen molar-refractivity contribution in [3.63, 3.8) is 0 Å². The number of benzene rings is 2. The molecule has 7 nitrogen and oxygen atoms in total. The van der Waals surface area contributed by atoms with E-state index in [4.69, 9.17) is 21.1 Å². The van der Waals surface area contributed by atoms with Gasteiger partial charge in [0.1, 0.15) is 16.7 Å². The maximum absolute atomic E-state index is 12.0. The minimum Gasteiger partial charge on any atom is -0.497 e. The third kappa shape index (κ3) is 5.16. The van der Waals surface area contributed by atoms with Crippen LogP contribution in [-0.4, -0.2) is 35.6 Å². The minimum atomic E-state index is -0.409. The highest BCUT2D eigenvalue weighted by Gasteiger charge is 2.13. The number of hydrazone groups is 1. The maximum Gasteiger partial charge on any atom is 0.277 e. The van der Waals surface area contributed by atoms with E-state index in [2.05, 4.69) is 31.6 Å². The van der Waals surface area contributed by atoms with Crippen LogP contribution in [0.3, 0.4) is 0 Å². The molecule has 0 fully saturated rings. The van der Waals surface area contributed by atoms with E-state index in [0.717, 1.165) is 5.69 Å². The number of para-hydroxylation sites is 1. The molecule has 2 aromatic carbocycles. The van der Waals surface area contributed by atoms with Crippen molar-refractivity contribution in [1.29, 1.82) is 0 Å². The molecule has 1 heterocycles. The molecule has 0 aliphatic rings. The Morgan fingerprint density at radius 1 is 1.31 bits per heavy atom. The van der Waals surface area contributed by atoms with Gasteiger partial charge in [-0.2, -0.15) is 10.2 Å². The SMILES string of the molecule is COc1ccc(OCC(=O)N/N=C\c2c(C)nn(-c3ccccc3)c2Cl)c(Br)c1. The Bertz CT molecular complexity index is 1040. The number of hydrogen-bond acceptors (Lipinski definition) is 5. The third-order valence-electron chi connectivity index (χ3n) is 3.93. The summed E-state index contributed by atoms with van der Waals surface area (Å²) < 4.78 is 12.9. The van der Waals surface area contributed by atoms with Crippen LogP contribution in [0.15, 0.2) is 58.1 Å². The van der Waals surface area contributed by atoms with Crippen molar-refractivity contribution in [2.75, 3.05) is 13.7 Å². The van der Waals surface area contributed by atoms with Crippen LogP contribution in [0.2, 0.25) is 5.15 Å². The van der Waals surface area contributed by atoms with Gasteiger partial charge in [0.15, 0.2) is 6.61 Å². The Hall–Kier alpha value is -2.84. The number of hydrogen-bond donors (Lipinski definition) is 1. The van der Waals surface area contributed by atoms with Gasteiger partial charge in [-0.15, -0.1) is 0 Å². The van der Waals surface area contributed by atoms with Gasteiger partial charge in [-0.3, -0.25) is 4.79 Å². The number of rotatable bonds is 7. The van der Waals surface area contributed by atoms with Crippen molar-refractivity contribution in [2.45, 2.75) is 6.92 Å². The summed E-state index contributed by atoms with van der Waals surface area (Å²) in [5.41, 5.74) is 4.56. The Morgan fingerprint density at radius 3 is 2.76 bits per heavy atom. The number of carbonyl (C=O) groups excluding carboxylic acids is 1. The fourth-order valence-electron chi connectivity index (χ4n) is 2.47. The fraction of sp³-hybridized carbons (Fsp3) is 0.150. The van der Waals surface area contributed by atoms with Gasteiger partial charge in [-0.05, 0) is 53.2 Å². The first-order valence-electron chi connectivity index (χ1n) is 8.58. The van der Waals surface area contributed by atoms with Crippen molar-refractivity contribution >= 4 is 39.7 Å². The number of amides is 1. The summed E-state index contributed by atoms with van der Waals surface area (Å²) >= 11 is 9.79. The van der Waals surface area contributed by atoms with E-state index in [1.807, 2.05) is 37.3 Å². The molecule has 0 unspecified atom stereocenters. The van der Waals surface area contributed by atoms with Crippen LogP contribution < -0.4 is 14.9 Å². The number of aryl methyl sites for hydroxylation is 1. The molecule has 1 N–H and O–H groups in total. The average molecular weight is 478 g/mol. The Morgan fingerprint density at radius 2 is 2.07 bits per heavy atom. The van der Waals surface area contributed by atoms with E-state index in [-0.39, 0.29) is 6.61 Å². The van der Waals surface area contributed by atoms with Gasteiger partial charge in [0, 0.05) is 0 Å². The van der Waals surface area contributed by atoms with E-state index in [9.17, 15) is 4.79 Å². The van der Waals surface area contributed by atoms with Crippen molar-refractivity contribution in [3.8, 4) is 17.2 Å². The van der Waals surface area contributed by atoms with Gasteiger partial charge >= 0.3 is 0 Å². The zero-order valence-corrected chi connectivity index (χ0v) is 18.1. The summed E-state index contributed by atoms with van der Waals surface area (Å²) in [5.74, 6) is 0.794. The molecular weight excluding hydrogens is 460 g/mol. The molecule has 0 atom stereocenters. The van der Waals surface area contributed by atoms with Crippen molar-refractivity contribution in [3.05, 3.63) is 69.4 Å². The molecule has 9 heteroatoms. The number of methoxy groups -OCH3 is 1. The molecule has 0 radical (unpaired) electrons. The summed E-state index contributed by atoms with van der Waals surface area (Å²) in [7, 11) is 1.57. The molecule has 3 rings (SSSR count). The summed E-state index contributed by atoms with van der Waals surface area (Å²) in [6.45, 7) is 1.62. The molecule has 0 aliphatic carbocycles. The highest BCUT2D eigenvalue weighted by atomic mass is 79.9. The lowest BCUT2D eigenvalue weighted by Gasteiger charge is -2.08. The Labute approximate surface area is 181 Å². The first-order valence-corrected chi connectivity index (χ1v) is 9.75. The second-order valence-corrected chi connectivity index (χ2v) is 7.13. The molecule has 29 heavy (non-hydrogen) atoms. The number of nitrogens with one attached hydrogen (secondary N) is 1. The van der Waals surface area contributed by atoms with E-state index >= 15 is 0 Å². The monoisotopic (exact) mass is 476 g/mol. The predicted octanol–water partition coefficient (Wildman–Crippen LogP) is 4.13. The minimum absolute atomic E-state index is 0.196. The maximum atomic E-state index is 12.0. The zero-order valence-electron chi connectivity index (χ0n) is 15.7. The normalized spacial score (nSPS) is 10.9. The zero-order chi connectivity index (χ0) is 20.8. The van der Waals surface area contributed by atoms with Gasteiger partial charge in [0.05, 0.1) is 34.7 Å². The number of nitrogens with zero attached hydrogens (tertiary/aromatic N) is 3. The predicted molar refractivity (Wildman–Crippen MR) is 115 cm³/mol. The van der Waals surface area contributed by atoms with Crippen molar-refractivity contribution < 1.29 is 14.3 Å². The molecule has 0 aliphatic heterocycles. The third-order valence-corrected chi connectivity index (χ3v) is 4.91. The van der Waals surface area contributed by atoms with Crippen LogP contribution in [0.1, 0.15) is 11.3 Å². The van der Waals surface area contributed by atoms with Crippen LogP contribution in [0, 0.1) is 6.92 Å². The van der Waals surface area contributed by atoms with Gasteiger partial charge in [-0.1, -0.05) is 29.8 Å². The largest absolute Gasteiger partial charge is 0.497 e. The van der Waals surface area contributed by atoms with Crippen LogP contribution in [0.4, 0.5) is 0 Å². The summed E-state index contributed by atoms with van der Waals surface area (Å²) in [5, 5.41) is 8.78. The van der Waals surface area contributed by atoms with Crippen molar-refractivity contribution in [2.24, 2.45) is 5.10 Å². The second-order valence-electron chi connectivity index (χ2n) is 5.92. The number of carbonyl (C=O) groups is 1. The van der Waals surface area contributed by atoms with Gasteiger partial charge in [0.25, 0.3) is 5.91 Å². The quantitative estimate of drug-likeness (QED) is 0.410. The molecule has 0 saturated carbocycles. The van der Waals surface area contributed by atoms with E-state index in [0.29, 0.717) is 32.4 Å². The fourth-order valence-corrected chi connectivity index (χ4v) is 3.26. The van der Waals surface area contributed by atoms with Gasteiger partial charge in [-0.25, -0.2) is 10.1 Å². The van der Waals surface area contributed by atoms with E-state index < -0.39 is 5.91 Å². The highest BCUT2D eigenvalue weighted by Crippen LogP contribution is 2.29. The summed E-state index contributed by atoms with van der Waals surface area (Å²) in [6, 6.07) is 14.7. The van der Waals surface area contributed by atoms with Gasteiger partial charge < -0.3 is 9.47 Å². The number of aromatic nitrogens is 2. The van der Waals surface area contributed by atoms with Crippen LogP contribution >= 0.6 is 27.5 Å². The van der Waals surface area contributed by atoms with E-state index in [1.54, 1.807) is 30.0 Å². The standard InChI is InChI=1S/C20H18BrClN4O3/c1-13-16(20(22)26(25-13)14-6-4-3-5-7-14)11-23-24-19(27)12-29-18-9-8-15(28-2)10-17(18)21/h3-11H,12H2,1-2H3,(H,24,27)/b23-11-. The molecule has 3 aromatic rings. The Kier molecular flexibility index (Phi) is 6.90. The second kappa shape index (κ2) is 9.58. The molecule has 1 aromatic heterocycles. The highest BCUT2D eigenvalue weighted by molar-refractivity contribution is 9.10. The van der Waals surface area contributed by atoms with Crippen molar-refractivity contribution in [1.82, 2.24) is 15.2 Å². The first-order chi connectivity index (χ1) is 14.0. The lowest BCUT2D eigenvalue weighted by atomic mass is 10.3. The van der Waals surface area contributed by atoms with Gasteiger partial charge in [0.2, 0.25) is 0 Å². The van der Waals surface area contributed by atoms with Crippen LogP contribution in [0.5, 0.6) is 11.5 Å². The Balaban J connectivity index is 1.60. The first kappa shape index (κ1) is 20.9. The smallest absolute Gasteiger partial charge is 0.277 e. The van der Waals surface area contributed by atoms with E-state index in [1.165, 1.54) is 6.21 Å². The van der Waals surface area contributed by atoms with Crippen LogP contribution in [-0.2, 0) is 4.79 Å². The topological polar surface area (TPSA) is 77.7 Å². The lowest BCUT2D eigenvalue weighted by molar-refractivity contribution is -0.123. The summed E-state index contributed by atoms with van der Waals surface area (Å²) in [4.78, 5) is 12.0. The molecule has 0 saturated heterocycles. The molecule has 0 spiro atoms. The molecule has 150 valence electrons. The number of halogens is 2. The average Bonchev–Trinajstić information content (AvgIpc) is 3.01. The molecule has 0 bridgehead atoms. The molecular formula is C20H18BrClN4O3. The van der Waals surface area contributed by atoms with Crippen LogP contribution in [0.25, 0.3) is 5.69 Å². The molecule has 1 amide bonds. The summed E-state index contributed by atoms with van der Waals surface area (Å²) in [6.07, 6.45) is 1.46. The lowest BCUT2D eigenvalue weighted by Crippen LogP contribution is -2.24. The number of ether oxygens (including phenoxy) is 2.